The van der Waals surface area contributed by atoms with Crippen molar-refractivity contribution in [1.82, 2.24) is 19.4 Å². The first-order chi connectivity index (χ1) is 12.3. The van der Waals surface area contributed by atoms with E-state index in [0.717, 1.165) is 4.31 Å². The van der Waals surface area contributed by atoms with Gasteiger partial charge in [0.15, 0.2) is 0 Å². The zero-order valence-electron chi connectivity index (χ0n) is 15.0. The number of hydrogen-bond donors (Lipinski definition) is 1. The zero-order chi connectivity index (χ0) is 19.3. The van der Waals surface area contributed by atoms with Gasteiger partial charge in [-0.2, -0.15) is 5.10 Å². The second kappa shape index (κ2) is 8.24. The maximum absolute atomic E-state index is 12.4. The van der Waals surface area contributed by atoms with Crippen molar-refractivity contribution in [2.24, 2.45) is 0 Å². The summed E-state index contributed by atoms with van der Waals surface area (Å²) < 4.78 is 27.1. The van der Waals surface area contributed by atoms with Crippen LogP contribution in [-0.4, -0.2) is 42.5 Å². The molecule has 0 aliphatic rings. The number of sulfonamides is 1. The summed E-state index contributed by atoms with van der Waals surface area (Å²) >= 11 is 0. The largest absolute Gasteiger partial charge is 0.347 e. The highest BCUT2D eigenvalue weighted by atomic mass is 32.2. The number of amides is 1. The molecule has 9 heteroatoms. The van der Waals surface area contributed by atoms with Gasteiger partial charge in [0.1, 0.15) is 5.69 Å². The Morgan fingerprint density at radius 3 is 2.54 bits per heavy atom. The molecule has 0 unspecified atom stereocenters. The van der Waals surface area contributed by atoms with E-state index in [2.05, 4.69) is 10.4 Å². The fraction of sp³-hybridized carbons (Fsp3) is 0.353. The van der Waals surface area contributed by atoms with Crippen LogP contribution in [0.25, 0.3) is 0 Å². The molecule has 0 aliphatic heterocycles. The summed E-state index contributed by atoms with van der Waals surface area (Å²) in [5, 5.41) is 6.69. The van der Waals surface area contributed by atoms with Gasteiger partial charge < -0.3 is 5.32 Å². The number of carbonyl (C=O) groups is 1. The Kier molecular flexibility index (Phi) is 6.27. The third-order valence-electron chi connectivity index (χ3n) is 3.71. The molecule has 0 bridgehead atoms. The number of aryl methyl sites for hydroxylation is 1. The third kappa shape index (κ3) is 4.36. The average Bonchev–Trinajstić information content (AvgIpc) is 2.61. The summed E-state index contributed by atoms with van der Waals surface area (Å²) in [6, 6.07) is 9.12. The summed E-state index contributed by atoms with van der Waals surface area (Å²) in [7, 11) is -0.719. The van der Waals surface area contributed by atoms with Gasteiger partial charge in [-0.05, 0) is 24.1 Å². The molecule has 0 fully saturated rings. The van der Waals surface area contributed by atoms with Crippen molar-refractivity contribution in [2.75, 3.05) is 14.1 Å². The van der Waals surface area contributed by atoms with Crippen LogP contribution in [-0.2, 0) is 23.1 Å². The topological polar surface area (TPSA) is 101 Å². The highest BCUT2D eigenvalue weighted by Crippen LogP contribution is 2.18. The van der Waals surface area contributed by atoms with Gasteiger partial charge in [0.25, 0.3) is 11.5 Å². The minimum absolute atomic E-state index is 0.0245. The maximum Gasteiger partial charge on any atom is 0.271 e. The Labute approximate surface area is 152 Å². The summed E-state index contributed by atoms with van der Waals surface area (Å²) in [5.74, 6) is -0.480. The SMILES string of the molecule is CCCn1nc(C(=O)NCc2ccccc2S(=O)(=O)N(C)C)ccc1=O. The van der Waals surface area contributed by atoms with Crippen LogP contribution in [0.4, 0.5) is 0 Å². The van der Waals surface area contributed by atoms with Gasteiger partial charge in [0.2, 0.25) is 10.0 Å². The van der Waals surface area contributed by atoms with Crippen molar-refractivity contribution < 1.29 is 13.2 Å². The number of hydrogen-bond acceptors (Lipinski definition) is 5. The number of aromatic nitrogens is 2. The van der Waals surface area contributed by atoms with Crippen LogP contribution in [0.1, 0.15) is 29.4 Å². The van der Waals surface area contributed by atoms with Gasteiger partial charge in [-0.15, -0.1) is 0 Å². The molecule has 0 atom stereocenters. The van der Waals surface area contributed by atoms with E-state index in [9.17, 15) is 18.0 Å². The summed E-state index contributed by atoms with van der Waals surface area (Å²) in [6.45, 7) is 2.35. The van der Waals surface area contributed by atoms with Crippen molar-refractivity contribution in [1.29, 1.82) is 0 Å². The fourth-order valence-electron chi connectivity index (χ4n) is 2.31. The zero-order valence-corrected chi connectivity index (χ0v) is 15.8. The molecule has 0 radical (unpaired) electrons. The second-order valence-corrected chi connectivity index (χ2v) is 7.98. The Hall–Kier alpha value is -2.52. The second-order valence-electron chi connectivity index (χ2n) is 5.86. The van der Waals surface area contributed by atoms with Crippen molar-refractivity contribution >= 4 is 15.9 Å². The van der Waals surface area contributed by atoms with Gasteiger partial charge in [-0.1, -0.05) is 25.1 Å². The summed E-state index contributed by atoms with van der Waals surface area (Å²) in [6.07, 6.45) is 0.716. The first-order valence-electron chi connectivity index (χ1n) is 8.14. The monoisotopic (exact) mass is 378 g/mol. The molecule has 1 heterocycles. The highest BCUT2D eigenvalue weighted by Gasteiger charge is 2.21. The van der Waals surface area contributed by atoms with Gasteiger partial charge in [-0.3, -0.25) is 9.59 Å². The van der Waals surface area contributed by atoms with Gasteiger partial charge in [-0.25, -0.2) is 17.4 Å². The number of benzene rings is 1. The lowest BCUT2D eigenvalue weighted by Crippen LogP contribution is -2.30. The summed E-state index contributed by atoms with van der Waals surface area (Å²) in [4.78, 5) is 24.1. The fourth-order valence-corrected chi connectivity index (χ4v) is 3.42. The lowest BCUT2D eigenvalue weighted by molar-refractivity contribution is 0.0943. The lowest BCUT2D eigenvalue weighted by atomic mass is 10.2. The molecule has 0 saturated carbocycles. The van der Waals surface area contributed by atoms with E-state index in [0.29, 0.717) is 18.5 Å². The average molecular weight is 378 g/mol. The predicted octanol–water partition coefficient (Wildman–Crippen LogP) is 0.834. The normalized spacial score (nSPS) is 11.5. The Balaban J connectivity index is 2.21. The summed E-state index contributed by atoms with van der Waals surface area (Å²) in [5.41, 5.74) is 0.299. The molecule has 140 valence electrons. The quantitative estimate of drug-likeness (QED) is 0.769. The Morgan fingerprint density at radius 2 is 1.88 bits per heavy atom. The van der Waals surface area contributed by atoms with Crippen molar-refractivity contribution in [3.05, 3.63) is 58.0 Å². The molecular formula is C17H22N4O4S. The van der Waals surface area contributed by atoms with E-state index in [-0.39, 0.29) is 22.7 Å². The van der Waals surface area contributed by atoms with E-state index in [1.807, 2.05) is 6.92 Å². The van der Waals surface area contributed by atoms with Crippen LogP contribution in [0, 0.1) is 0 Å². The first-order valence-corrected chi connectivity index (χ1v) is 9.58. The van der Waals surface area contributed by atoms with Gasteiger partial charge >= 0.3 is 0 Å². The number of rotatable bonds is 7. The molecule has 0 saturated heterocycles. The standard InChI is InChI=1S/C17H22N4O4S/c1-4-11-21-16(22)10-9-14(19-21)17(23)18-12-13-7-5-6-8-15(13)26(24,25)20(2)3/h5-10H,4,11-12H2,1-3H3,(H,18,23). The van der Waals surface area contributed by atoms with Crippen LogP contribution in [0.2, 0.25) is 0 Å². The maximum atomic E-state index is 12.4. The molecule has 2 rings (SSSR count). The molecular weight excluding hydrogens is 356 g/mol. The van der Waals surface area contributed by atoms with Crippen molar-refractivity contribution in [3.8, 4) is 0 Å². The Bertz CT molecular complexity index is 951. The number of nitrogens with one attached hydrogen (secondary N) is 1. The molecule has 1 amide bonds. The smallest absolute Gasteiger partial charge is 0.271 e. The van der Waals surface area contributed by atoms with Crippen molar-refractivity contribution in [3.63, 3.8) is 0 Å². The minimum Gasteiger partial charge on any atom is -0.347 e. The van der Waals surface area contributed by atoms with E-state index in [1.54, 1.807) is 18.2 Å². The Morgan fingerprint density at radius 1 is 1.19 bits per heavy atom. The van der Waals surface area contributed by atoms with Crippen LogP contribution < -0.4 is 10.9 Å². The number of carbonyl (C=O) groups excluding carboxylic acids is 1. The number of nitrogens with zero attached hydrogens (tertiary/aromatic N) is 3. The van der Waals surface area contributed by atoms with E-state index >= 15 is 0 Å². The first kappa shape index (κ1) is 19.8. The molecule has 2 aromatic rings. The highest BCUT2D eigenvalue weighted by molar-refractivity contribution is 7.89. The minimum atomic E-state index is -3.62. The van der Waals surface area contributed by atoms with E-state index in [4.69, 9.17) is 0 Å². The predicted molar refractivity (Wildman–Crippen MR) is 97.3 cm³/mol. The third-order valence-corrected chi connectivity index (χ3v) is 5.62. The molecule has 1 N–H and O–H groups in total. The molecule has 0 aliphatic carbocycles. The molecule has 8 nitrogen and oxygen atoms in total. The van der Waals surface area contributed by atoms with Crippen LogP contribution in [0.3, 0.4) is 0 Å². The molecule has 1 aromatic heterocycles. The van der Waals surface area contributed by atoms with Crippen LogP contribution in [0.15, 0.2) is 46.1 Å². The van der Waals surface area contributed by atoms with Crippen LogP contribution in [0.5, 0.6) is 0 Å². The molecule has 26 heavy (non-hydrogen) atoms. The molecule has 1 aromatic carbocycles. The van der Waals surface area contributed by atoms with Crippen molar-refractivity contribution in [2.45, 2.75) is 31.3 Å². The lowest BCUT2D eigenvalue weighted by Gasteiger charge is -2.15. The molecule has 0 spiro atoms. The van der Waals surface area contributed by atoms with Gasteiger partial charge in [0.05, 0.1) is 4.90 Å². The van der Waals surface area contributed by atoms with Crippen LogP contribution >= 0.6 is 0 Å². The van der Waals surface area contributed by atoms with E-state index in [1.165, 1.54) is 37.0 Å². The van der Waals surface area contributed by atoms with E-state index < -0.39 is 15.9 Å². The van der Waals surface area contributed by atoms with Gasteiger partial charge in [0, 0.05) is 33.3 Å².